The summed E-state index contributed by atoms with van der Waals surface area (Å²) in [7, 11) is 0. The van der Waals surface area contributed by atoms with Crippen molar-refractivity contribution in [3.63, 3.8) is 0 Å². The molecule has 1 atom stereocenters. The van der Waals surface area contributed by atoms with Crippen LogP contribution >= 0.6 is 11.8 Å². The fourth-order valence-electron chi connectivity index (χ4n) is 4.23. The molecule has 0 aromatic heterocycles. The van der Waals surface area contributed by atoms with Gasteiger partial charge in [-0.1, -0.05) is 0 Å². The molecule has 2 saturated carbocycles. The van der Waals surface area contributed by atoms with Gasteiger partial charge in [0.2, 0.25) is 0 Å². The molecule has 2 heterocycles. The molecule has 0 aromatic carbocycles. The summed E-state index contributed by atoms with van der Waals surface area (Å²) in [6, 6.07) is 0.730. The van der Waals surface area contributed by atoms with Crippen LogP contribution in [0.25, 0.3) is 0 Å². The molecule has 4 fully saturated rings. The molecule has 2 saturated heterocycles. The Morgan fingerprint density at radius 3 is 2.53 bits per heavy atom. The molecule has 2 nitrogen and oxygen atoms in total. The smallest absolute Gasteiger partial charge is 0.0713 e. The largest absolute Gasteiger partial charge is 0.375 e. The second-order valence-corrected chi connectivity index (χ2v) is 8.58. The molecule has 2 aliphatic heterocycles. The van der Waals surface area contributed by atoms with Crippen LogP contribution in [0.2, 0.25) is 0 Å². The van der Waals surface area contributed by atoms with Crippen molar-refractivity contribution < 1.29 is 4.74 Å². The van der Waals surface area contributed by atoms with E-state index in [0.717, 1.165) is 24.0 Å². The van der Waals surface area contributed by atoms with Crippen molar-refractivity contribution in [3.05, 3.63) is 0 Å². The minimum Gasteiger partial charge on any atom is -0.375 e. The van der Waals surface area contributed by atoms with Crippen molar-refractivity contribution in [1.82, 2.24) is 5.32 Å². The Bertz CT molecular complexity index is 326. The van der Waals surface area contributed by atoms with Crippen molar-refractivity contribution in [3.8, 4) is 0 Å². The average molecular weight is 281 g/mol. The van der Waals surface area contributed by atoms with E-state index < -0.39 is 0 Å². The van der Waals surface area contributed by atoms with Crippen LogP contribution in [-0.2, 0) is 4.74 Å². The summed E-state index contributed by atoms with van der Waals surface area (Å²) in [5, 5.41) is 3.93. The zero-order valence-electron chi connectivity index (χ0n) is 12.0. The van der Waals surface area contributed by atoms with E-state index in [2.05, 4.69) is 17.1 Å². The molecule has 2 aliphatic carbocycles. The first-order valence-corrected chi connectivity index (χ1v) is 9.41. The summed E-state index contributed by atoms with van der Waals surface area (Å²) in [4.78, 5) is 0. The first-order valence-electron chi connectivity index (χ1n) is 8.26. The number of rotatable bonds is 4. The van der Waals surface area contributed by atoms with Gasteiger partial charge >= 0.3 is 0 Å². The van der Waals surface area contributed by atoms with E-state index >= 15 is 0 Å². The summed E-state index contributed by atoms with van der Waals surface area (Å²) in [6.07, 6.45) is 11.1. The predicted octanol–water partition coefficient (Wildman–Crippen LogP) is 3.21. The molecule has 1 N–H and O–H groups in total. The van der Waals surface area contributed by atoms with Gasteiger partial charge in [0.25, 0.3) is 0 Å². The van der Waals surface area contributed by atoms with Gasteiger partial charge in [-0.2, -0.15) is 11.8 Å². The van der Waals surface area contributed by atoms with E-state index in [4.69, 9.17) is 4.74 Å². The molecule has 0 aromatic rings. The van der Waals surface area contributed by atoms with Gasteiger partial charge in [-0.05, 0) is 74.2 Å². The van der Waals surface area contributed by atoms with Crippen molar-refractivity contribution >= 4 is 11.8 Å². The Balaban J connectivity index is 1.31. The topological polar surface area (TPSA) is 21.3 Å². The van der Waals surface area contributed by atoms with Gasteiger partial charge in [-0.15, -0.1) is 0 Å². The minimum atomic E-state index is 0.247. The van der Waals surface area contributed by atoms with Gasteiger partial charge in [-0.25, -0.2) is 0 Å². The highest BCUT2D eigenvalue weighted by Gasteiger charge is 2.53. The monoisotopic (exact) mass is 281 g/mol. The number of thioether (sulfide) groups is 1. The van der Waals surface area contributed by atoms with E-state index in [1.165, 1.54) is 69.4 Å². The Kier molecular flexibility index (Phi) is 3.36. The summed E-state index contributed by atoms with van der Waals surface area (Å²) in [6.45, 7) is 2.28. The van der Waals surface area contributed by atoms with E-state index in [9.17, 15) is 0 Å². The lowest BCUT2D eigenvalue weighted by Gasteiger charge is -2.43. The minimum absolute atomic E-state index is 0.247. The van der Waals surface area contributed by atoms with Crippen molar-refractivity contribution in [2.45, 2.75) is 63.0 Å². The molecule has 4 aliphatic rings. The van der Waals surface area contributed by atoms with Gasteiger partial charge in [0.1, 0.15) is 0 Å². The zero-order chi connectivity index (χ0) is 12.8. The lowest BCUT2D eigenvalue weighted by molar-refractivity contribution is -0.0935. The maximum absolute atomic E-state index is 6.19. The first-order chi connectivity index (χ1) is 9.30. The van der Waals surface area contributed by atoms with Crippen molar-refractivity contribution in [2.24, 2.45) is 11.3 Å². The molecule has 0 amide bonds. The molecule has 108 valence electrons. The molecule has 1 unspecified atom stereocenters. The third kappa shape index (κ3) is 2.71. The van der Waals surface area contributed by atoms with Gasteiger partial charge in [0, 0.05) is 19.2 Å². The normalized spacial score (nSPS) is 36.3. The summed E-state index contributed by atoms with van der Waals surface area (Å²) in [5.41, 5.74) is 0.991. The van der Waals surface area contributed by atoms with Crippen molar-refractivity contribution in [2.75, 3.05) is 24.7 Å². The van der Waals surface area contributed by atoms with Gasteiger partial charge in [0.15, 0.2) is 0 Å². The van der Waals surface area contributed by atoms with Gasteiger partial charge < -0.3 is 10.1 Å². The molecule has 1 spiro atoms. The Hall–Kier alpha value is 0.270. The fraction of sp³-hybridized carbons (Fsp3) is 1.00. The summed E-state index contributed by atoms with van der Waals surface area (Å²) < 4.78 is 6.19. The molecule has 0 radical (unpaired) electrons. The number of hydrogen-bond acceptors (Lipinski definition) is 3. The highest BCUT2D eigenvalue weighted by molar-refractivity contribution is 7.99. The van der Waals surface area contributed by atoms with E-state index in [0.29, 0.717) is 0 Å². The van der Waals surface area contributed by atoms with Crippen LogP contribution in [0.1, 0.15) is 51.4 Å². The predicted molar refractivity (Wildman–Crippen MR) is 80.7 cm³/mol. The SMILES string of the molecule is C1CC(NCC2(C3CC3)CC2)CC2(CCSCC2)O1. The third-order valence-corrected chi connectivity index (χ3v) is 6.96. The average Bonchev–Trinajstić information content (AvgIpc) is 3.29. The molecule has 0 bridgehead atoms. The number of nitrogens with one attached hydrogen (secondary N) is 1. The second kappa shape index (κ2) is 4.92. The van der Waals surface area contributed by atoms with Gasteiger partial charge in [-0.3, -0.25) is 0 Å². The second-order valence-electron chi connectivity index (χ2n) is 7.35. The number of ether oxygens (including phenoxy) is 1. The van der Waals surface area contributed by atoms with E-state index in [-0.39, 0.29) is 5.60 Å². The lowest BCUT2D eigenvalue weighted by atomic mass is 9.85. The van der Waals surface area contributed by atoms with E-state index in [1.807, 2.05) is 0 Å². The molecule has 19 heavy (non-hydrogen) atoms. The molecular weight excluding hydrogens is 254 g/mol. The van der Waals surface area contributed by atoms with Crippen LogP contribution in [-0.4, -0.2) is 36.3 Å². The highest BCUT2D eigenvalue weighted by atomic mass is 32.2. The highest BCUT2D eigenvalue weighted by Crippen LogP contribution is 2.60. The molecule has 3 heteroatoms. The Morgan fingerprint density at radius 2 is 1.84 bits per heavy atom. The quantitative estimate of drug-likeness (QED) is 0.855. The molecule has 4 rings (SSSR count). The van der Waals surface area contributed by atoms with E-state index in [1.54, 1.807) is 0 Å². The molecular formula is C16H27NOS. The maximum Gasteiger partial charge on any atom is 0.0713 e. The van der Waals surface area contributed by atoms with Crippen molar-refractivity contribution in [1.29, 1.82) is 0 Å². The van der Waals surface area contributed by atoms with Crippen LogP contribution < -0.4 is 5.32 Å². The zero-order valence-corrected chi connectivity index (χ0v) is 12.8. The number of hydrogen-bond donors (Lipinski definition) is 1. The maximum atomic E-state index is 6.19. The van der Waals surface area contributed by atoms with Crippen LogP contribution in [0.5, 0.6) is 0 Å². The standard InChI is InChI=1S/C16H27NOS/c1-2-13(1)15(4-5-15)12-17-14-3-8-18-16(11-14)6-9-19-10-7-16/h13-14,17H,1-12H2. The lowest BCUT2D eigenvalue weighted by Crippen LogP contribution is -2.49. The van der Waals surface area contributed by atoms with Crippen LogP contribution in [0.15, 0.2) is 0 Å². The Morgan fingerprint density at radius 1 is 1.05 bits per heavy atom. The van der Waals surface area contributed by atoms with Crippen LogP contribution in [0, 0.1) is 11.3 Å². The third-order valence-electron chi connectivity index (χ3n) is 5.98. The summed E-state index contributed by atoms with van der Waals surface area (Å²) >= 11 is 2.10. The first kappa shape index (κ1) is 13.0. The van der Waals surface area contributed by atoms with Crippen LogP contribution in [0.4, 0.5) is 0 Å². The van der Waals surface area contributed by atoms with Crippen LogP contribution in [0.3, 0.4) is 0 Å². The fourth-order valence-corrected chi connectivity index (χ4v) is 5.46. The Labute approximate surface area is 121 Å². The summed E-state index contributed by atoms with van der Waals surface area (Å²) in [5.74, 6) is 3.69. The van der Waals surface area contributed by atoms with Gasteiger partial charge in [0.05, 0.1) is 5.60 Å².